The first-order valence-electron chi connectivity index (χ1n) is 6.97. The number of non-ortho nitro benzene ring substituents is 1. The van der Waals surface area contributed by atoms with Gasteiger partial charge in [0.05, 0.1) is 20.1 Å². The predicted octanol–water partition coefficient (Wildman–Crippen LogP) is 3.67. The third-order valence-electron chi connectivity index (χ3n) is 3.55. The number of aromatic nitrogens is 1. The van der Waals surface area contributed by atoms with Crippen LogP contribution >= 0.6 is 11.3 Å². The summed E-state index contributed by atoms with van der Waals surface area (Å²) in [6.07, 6.45) is 0. The first-order chi connectivity index (χ1) is 11.9. The van der Waals surface area contributed by atoms with Crippen LogP contribution in [0.5, 0.6) is 0 Å². The summed E-state index contributed by atoms with van der Waals surface area (Å²) in [4.78, 5) is 37.3. The van der Waals surface area contributed by atoms with Crippen molar-refractivity contribution >= 4 is 44.0 Å². The molecule has 0 spiro atoms. The molecule has 0 bridgehead atoms. The number of anilines is 1. The van der Waals surface area contributed by atoms with Crippen molar-refractivity contribution in [3.05, 3.63) is 67.8 Å². The lowest BCUT2D eigenvalue weighted by atomic mass is 10.1. The Morgan fingerprint density at radius 1 is 1.16 bits per heavy atom. The number of thiazole rings is 1. The van der Waals surface area contributed by atoms with Gasteiger partial charge >= 0.3 is 0 Å². The first-order valence-corrected chi connectivity index (χ1v) is 7.79. The second-order valence-electron chi connectivity index (χ2n) is 5.09. The van der Waals surface area contributed by atoms with Gasteiger partial charge in [-0.25, -0.2) is 4.98 Å². The largest absolute Gasteiger partial charge is 0.298 e. The van der Waals surface area contributed by atoms with Crippen LogP contribution in [0, 0.1) is 27.2 Å². The van der Waals surface area contributed by atoms with Crippen LogP contribution in [0.1, 0.15) is 15.9 Å². The highest BCUT2D eigenvalue weighted by Crippen LogP contribution is 2.30. The Morgan fingerprint density at radius 3 is 2.60 bits per heavy atom. The Kier molecular flexibility index (Phi) is 4.11. The average molecular weight is 358 g/mol. The molecule has 25 heavy (non-hydrogen) atoms. The van der Waals surface area contributed by atoms with Crippen molar-refractivity contribution in [3.63, 3.8) is 0 Å². The van der Waals surface area contributed by atoms with Crippen molar-refractivity contribution in [1.29, 1.82) is 0 Å². The summed E-state index contributed by atoms with van der Waals surface area (Å²) in [5.74, 6) is -0.533. The van der Waals surface area contributed by atoms with Crippen molar-refractivity contribution in [3.8, 4) is 0 Å². The highest BCUT2D eigenvalue weighted by atomic mass is 32.1. The zero-order valence-electron chi connectivity index (χ0n) is 12.8. The summed E-state index contributed by atoms with van der Waals surface area (Å²) in [7, 11) is 0. The van der Waals surface area contributed by atoms with E-state index in [0.717, 1.165) is 11.3 Å². The molecule has 0 aliphatic carbocycles. The SMILES string of the molecule is Cc1c(C(=O)Nc2nc3ccc([N+](=O)[O-])cc3s2)cccc1[N+](=O)[O-]. The second kappa shape index (κ2) is 6.24. The number of nitrogens with zero attached hydrogens (tertiary/aromatic N) is 3. The maximum atomic E-state index is 12.4. The molecule has 0 fully saturated rings. The summed E-state index contributed by atoms with van der Waals surface area (Å²) in [6, 6.07) is 8.44. The van der Waals surface area contributed by atoms with Crippen LogP contribution in [0.25, 0.3) is 10.2 Å². The van der Waals surface area contributed by atoms with Crippen molar-refractivity contribution in [2.45, 2.75) is 6.92 Å². The van der Waals surface area contributed by atoms with Gasteiger partial charge in [0.2, 0.25) is 0 Å². The van der Waals surface area contributed by atoms with E-state index >= 15 is 0 Å². The number of nitrogens with one attached hydrogen (secondary N) is 1. The van der Waals surface area contributed by atoms with Crippen molar-refractivity contribution in [1.82, 2.24) is 4.98 Å². The number of nitro groups is 2. The van der Waals surface area contributed by atoms with Gasteiger partial charge in [0.1, 0.15) is 0 Å². The average Bonchev–Trinajstić information content (AvgIpc) is 2.95. The van der Waals surface area contributed by atoms with E-state index in [1.54, 1.807) is 0 Å². The highest BCUT2D eigenvalue weighted by molar-refractivity contribution is 7.22. The quantitative estimate of drug-likeness (QED) is 0.559. The summed E-state index contributed by atoms with van der Waals surface area (Å²) in [6.45, 7) is 1.49. The molecule has 1 N–H and O–H groups in total. The third kappa shape index (κ3) is 3.15. The molecule has 0 saturated heterocycles. The molecule has 0 radical (unpaired) electrons. The summed E-state index contributed by atoms with van der Waals surface area (Å²) >= 11 is 1.09. The first kappa shape index (κ1) is 16.5. The van der Waals surface area contributed by atoms with Crippen LogP contribution in [-0.2, 0) is 0 Å². The molecule has 1 heterocycles. The fourth-order valence-corrected chi connectivity index (χ4v) is 3.21. The minimum atomic E-state index is -0.553. The predicted molar refractivity (Wildman–Crippen MR) is 92.1 cm³/mol. The van der Waals surface area contributed by atoms with E-state index in [0.29, 0.717) is 10.2 Å². The van der Waals surface area contributed by atoms with E-state index in [4.69, 9.17) is 0 Å². The number of fused-ring (bicyclic) bond motifs is 1. The molecule has 1 amide bonds. The Labute approximate surface area is 144 Å². The molecule has 2 aromatic carbocycles. The lowest BCUT2D eigenvalue weighted by Crippen LogP contribution is -2.13. The number of carbonyl (C=O) groups excluding carboxylic acids is 1. The van der Waals surface area contributed by atoms with Crippen molar-refractivity contribution in [2.24, 2.45) is 0 Å². The second-order valence-corrected chi connectivity index (χ2v) is 6.12. The van der Waals surface area contributed by atoms with Gasteiger partial charge in [-0.15, -0.1) is 0 Å². The molecule has 0 aliphatic rings. The van der Waals surface area contributed by atoms with Gasteiger partial charge in [-0.1, -0.05) is 17.4 Å². The zero-order valence-corrected chi connectivity index (χ0v) is 13.6. The van der Waals surface area contributed by atoms with E-state index < -0.39 is 15.8 Å². The molecule has 0 unspecified atom stereocenters. The van der Waals surface area contributed by atoms with E-state index in [1.807, 2.05) is 0 Å². The van der Waals surface area contributed by atoms with Gasteiger partial charge in [0.15, 0.2) is 5.13 Å². The molecule has 3 aromatic rings. The number of benzene rings is 2. The molecule has 0 saturated carbocycles. The minimum absolute atomic E-state index is 0.0662. The van der Waals surface area contributed by atoms with E-state index in [-0.39, 0.29) is 27.6 Å². The van der Waals surface area contributed by atoms with Crippen LogP contribution in [0.4, 0.5) is 16.5 Å². The molecule has 9 nitrogen and oxygen atoms in total. The van der Waals surface area contributed by atoms with Crippen LogP contribution in [0.2, 0.25) is 0 Å². The summed E-state index contributed by atoms with van der Waals surface area (Å²) in [5.41, 5.74) is 0.721. The Hall–Kier alpha value is -3.40. The summed E-state index contributed by atoms with van der Waals surface area (Å²) < 4.78 is 0.556. The monoisotopic (exact) mass is 358 g/mol. The molecule has 126 valence electrons. The molecule has 10 heteroatoms. The maximum Gasteiger partial charge on any atom is 0.273 e. The van der Waals surface area contributed by atoms with Crippen molar-refractivity contribution < 1.29 is 14.6 Å². The van der Waals surface area contributed by atoms with E-state index in [2.05, 4.69) is 10.3 Å². The highest BCUT2D eigenvalue weighted by Gasteiger charge is 2.19. The number of hydrogen-bond donors (Lipinski definition) is 1. The lowest BCUT2D eigenvalue weighted by Gasteiger charge is -2.05. The molecule has 1 aromatic heterocycles. The lowest BCUT2D eigenvalue weighted by molar-refractivity contribution is -0.385. The fourth-order valence-electron chi connectivity index (χ4n) is 2.31. The maximum absolute atomic E-state index is 12.4. The van der Waals surface area contributed by atoms with Gasteiger partial charge < -0.3 is 0 Å². The Balaban J connectivity index is 1.91. The van der Waals surface area contributed by atoms with Gasteiger partial charge in [-0.05, 0) is 19.1 Å². The molecule has 3 rings (SSSR count). The number of nitro benzene ring substituents is 2. The van der Waals surface area contributed by atoms with E-state index in [9.17, 15) is 25.0 Å². The molecule has 0 atom stereocenters. The zero-order chi connectivity index (χ0) is 18.1. The van der Waals surface area contributed by atoms with Crippen LogP contribution in [-0.4, -0.2) is 20.7 Å². The van der Waals surface area contributed by atoms with Crippen LogP contribution in [0.15, 0.2) is 36.4 Å². The van der Waals surface area contributed by atoms with Crippen LogP contribution in [0.3, 0.4) is 0 Å². The topological polar surface area (TPSA) is 128 Å². The summed E-state index contributed by atoms with van der Waals surface area (Å²) in [5, 5.41) is 24.6. The number of carbonyl (C=O) groups is 1. The standard InChI is InChI=1S/C15H10N4O5S/c1-8-10(3-2-4-12(8)19(23)24)14(20)17-15-16-11-6-5-9(18(21)22)7-13(11)25-15/h2-7H,1H3,(H,16,17,20). The normalized spacial score (nSPS) is 10.6. The Morgan fingerprint density at radius 2 is 1.92 bits per heavy atom. The number of amides is 1. The smallest absolute Gasteiger partial charge is 0.273 e. The molecular weight excluding hydrogens is 348 g/mol. The molecular formula is C15H10N4O5S. The van der Waals surface area contributed by atoms with E-state index in [1.165, 1.54) is 43.3 Å². The minimum Gasteiger partial charge on any atom is -0.298 e. The third-order valence-corrected chi connectivity index (χ3v) is 4.48. The fraction of sp³-hybridized carbons (Fsp3) is 0.0667. The van der Waals surface area contributed by atoms with Gasteiger partial charge in [-0.2, -0.15) is 0 Å². The Bertz CT molecular complexity index is 1030. The van der Waals surface area contributed by atoms with Crippen LogP contribution < -0.4 is 5.32 Å². The van der Waals surface area contributed by atoms with Gasteiger partial charge in [0, 0.05) is 29.3 Å². The van der Waals surface area contributed by atoms with Crippen molar-refractivity contribution in [2.75, 3.05) is 5.32 Å². The van der Waals surface area contributed by atoms with Gasteiger partial charge in [-0.3, -0.25) is 30.3 Å². The number of hydrogen-bond acceptors (Lipinski definition) is 7. The number of rotatable bonds is 4. The van der Waals surface area contributed by atoms with Gasteiger partial charge in [0.25, 0.3) is 17.3 Å². The molecule has 0 aliphatic heterocycles.